The summed E-state index contributed by atoms with van der Waals surface area (Å²) in [5.41, 5.74) is 0. The van der Waals surface area contributed by atoms with Gasteiger partial charge >= 0.3 is 0 Å². The second-order valence-corrected chi connectivity index (χ2v) is 11.8. The zero-order valence-corrected chi connectivity index (χ0v) is 18.0. The van der Waals surface area contributed by atoms with Gasteiger partial charge in [0.05, 0.1) is 4.90 Å². The van der Waals surface area contributed by atoms with E-state index in [4.69, 9.17) is 11.6 Å². The van der Waals surface area contributed by atoms with Gasteiger partial charge in [0.25, 0.3) is 10.2 Å². The summed E-state index contributed by atoms with van der Waals surface area (Å²) >= 11 is 5.82. The van der Waals surface area contributed by atoms with E-state index in [1.165, 1.54) is 32.9 Å². The van der Waals surface area contributed by atoms with Crippen LogP contribution in [-0.4, -0.2) is 69.0 Å². The molecule has 0 amide bonds. The quantitative estimate of drug-likeness (QED) is 0.723. The molecule has 0 bridgehead atoms. The summed E-state index contributed by atoms with van der Waals surface area (Å²) in [6.07, 6.45) is 1.03. The summed E-state index contributed by atoms with van der Waals surface area (Å²) in [4.78, 5) is 0.168. The van der Waals surface area contributed by atoms with Crippen molar-refractivity contribution in [2.75, 3.05) is 39.3 Å². The molecule has 27 heavy (non-hydrogen) atoms. The molecule has 0 aliphatic carbocycles. The van der Waals surface area contributed by atoms with Crippen molar-refractivity contribution < 1.29 is 16.8 Å². The van der Waals surface area contributed by atoms with Gasteiger partial charge in [-0.2, -0.15) is 21.3 Å². The first-order valence-corrected chi connectivity index (χ1v) is 12.3. The average molecular weight is 436 g/mol. The molecule has 2 atom stereocenters. The van der Waals surface area contributed by atoms with Gasteiger partial charge in [0.2, 0.25) is 10.0 Å². The van der Waals surface area contributed by atoms with Crippen LogP contribution in [0.3, 0.4) is 0 Å². The molecule has 2 saturated heterocycles. The first-order chi connectivity index (χ1) is 12.6. The minimum absolute atomic E-state index is 0.142. The minimum atomic E-state index is -3.65. The van der Waals surface area contributed by atoms with Crippen LogP contribution < -0.4 is 0 Å². The second kappa shape index (κ2) is 7.96. The molecule has 2 heterocycles. The summed E-state index contributed by atoms with van der Waals surface area (Å²) in [6.45, 7) is 5.78. The van der Waals surface area contributed by atoms with Gasteiger partial charge in [-0.3, -0.25) is 0 Å². The smallest absolute Gasteiger partial charge is 0.207 e. The van der Waals surface area contributed by atoms with Crippen molar-refractivity contribution in [3.63, 3.8) is 0 Å². The molecule has 0 radical (unpaired) electrons. The number of hydrogen-bond acceptors (Lipinski definition) is 4. The first kappa shape index (κ1) is 21.0. The molecule has 0 N–H and O–H groups in total. The van der Waals surface area contributed by atoms with E-state index in [1.54, 1.807) is 4.31 Å². The van der Waals surface area contributed by atoms with Crippen LogP contribution in [-0.2, 0) is 20.2 Å². The van der Waals surface area contributed by atoms with Gasteiger partial charge in [0.15, 0.2) is 0 Å². The van der Waals surface area contributed by atoms with Crippen LogP contribution in [0.1, 0.15) is 20.3 Å². The Morgan fingerprint density at radius 2 is 1.30 bits per heavy atom. The molecule has 2 fully saturated rings. The Morgan fingerprint density at radius 1 is 0.815 bits per heavy atom. The van der Waals surface area contributed by atoms with Crippen LogP contribution in [0.15, 0.2) is 29.2 Å². The summed E-state index contributed by atoms with van der Waals surface area (Å²) in [7, 11) is -7.21. The summed E-state index contributed by atoms with van der Waals surface area (Å²) in [6, 6.07) is 6.01. The maximum Gasteiger partial charge on any atom is 0.282 e. The van der Waals surface area contributed by atoms with E-state index in [0.29, 0.717) is 29.9 Å². The van der Waals surface area contributed by atoms with Crippen LogP contribution in [0.4, 0.5) is 0 Å². The fourth-order valence-corrected chi connectivity index (χ4v) is 7.24. The highest BCUT2D eigenvalue weighted by atomic mass is 35.5. The van der Waals surface area contributed by atoms with Crippen LogP contribution in [0.5, 0.6) is 0 Å². The number of sulfonamides is 1. The number of nitrogens with zero attached hydrogens (tertiary/aromatic N) is 3. The highest BCUT2D eigenvalue weighted by molar-refractivity contribution is 7.89. The number of halogens is 1. The predicted octanol–water partition coefficient (Wildman–Crippen LogP) is 1.87. The lowest BCUT2D eigenvalue weighted by Gasteiger charge is -2.39. The van der Waals surface area contributed by atoms with Gasteiger partial charge in [-0.25, -0.2) is 8.42 Å². The maximum atomic E-state index is 13.0. The van der Waals surface area contributed by atoms with Gasteiger partial charge in [-0.1, -0.05) is 25.4 Å². The third-order valence-electron chi connectivity index (χ3n) is 5.14. The van der Waals surface area contributed by atoms with E-state index in [-0.39, 0.29) is 31.1 Å². The first-order valence-electron chi connectivity index (χ1n) is 9.11. The summed E-state index contributed by atoms with van der Waals surface area (Å²) in [5, 5.41) is 0.467. The third-order valence-corrected chi connectivity index (χ3v) is 9.27. The zero-order chi connectivity index (χ0) is 19.8. The van der Waals surface area contributed by atoms with Crippen molar-refractivity contribution in [1.82, 2.24) is 12.9 Å². The highest BCUT2D eigenvalue weighted by Gasteiger charge is 2.38. The second-order valence-electron chi connectivity index (χ2n) is 7.53. The highest BCUT2D eigenvalue weighted by Crippen LogP contribution is 2.26. The van der Waals surface area contributed by atoms with Crippen molar-refractivity contribution in [2.45, 2.75) is 25.2 Å². The van der Waals surface area contributed by atoms with E-state index < -0.39 is 20.2 Å². The average Bonchev–Trinajstić information content (AvgIpc) is 2.61. The van der Waals surface area contributed by atoms with Gasteiger partial charge in [-0.15, -0.1) is 0 Å². The molecule has 10 heteroatoms. The van der Waals surface area contributed by atoms with E-state index in [1.807, 2.05) is 0 Å². The molecule has 0 unspecified atom stereocenters. The Labute approximate surface area is 167 Å². The molecule has 0 saturated carbocycles. The van der Waals surface area contributed by atoms with Gasteiger partial charge in [-0.05, 0) is 42.5 Å². The lowest BCUT2D eigenvalue weighted by atomic mass is 9.94. The van der Waals surface area contributed by atoms with Crippen LogP contribution in [0.2, 0.25) is 5.02 Å². The van der Waals surface area contributed by atoms with Gasteiger partial charge in [0.1, 0.15) is 0 Å². The standard InChI is InChI=1S/C17H26ClN3O4S2/c1-14-11-15(2)13-21(12-14)27(24,25)20-9-7-19(8-10-20)26(22,23)17-5-3-16(18)4-6-17/h3-6,14-15H,7-13H2,1-2H3/t14-,15-/m1/s1. The van der Waals surface area contributed by atoms with Gasteiger partial charge < -0.3 is 0 Å². The van der Waals surface area contributed by atoms with Crippen LogP contribution in [0, 0.1) is 11.8 Å². The summed E-state index contributed by atoms with van der Waals surface area (Å²) in [5.74, 6) is 0.658. The van der Waals surface area contributed by atoms with Crippen molar-refractivity contribution in [2.24, 2.45) is 11.8 Å². The van der Waals surface area contributed by atoms with E-state index >= 15 is 0 Å². The monoisotopic (exact) mass is 435 g/mol. The van der Waals surface area contributed by atoms with Crippen molar-refractivity contribution in [1.29, 1.82) is 0 Å². The molecule has 1 aromatic rings. The molecule has 3 rings (SSSR count). The molecular formula is C17H26ClN3O4S2. The number of piperazine rings is 1. The van der Waals surface area contributed by atoms with Crippen LogP contribution >= 0.6 is 11.6 Å². The Kier molecular flexibility index (Phi) is 6.20. The summed E-state index contributed by atoms with van der Waals surface area (Å²) < 4.78 is 55.7. The number of hydrogen-bond donors (Lipinski definition) is 0. The Bertz CT molecular complexity index is 856. The normalized spacial score (nSPS) is 26.9. The zero-order valence-electron chi connectivity index (χ0n) is 15.6. The molecule has 152 valence electrons. The molecule has 2 aliphatic heterocycles. The minimum Gasteiger partial charge on any atom is -0.207 e. The Morgan fingerprint density at radius 3 is 1.81 bits per heavy atom. The SMILES string of the molecule is C[C@@H]1C[C@@H](C)CN(S(=O)(=O)N2CCN(S(=O)(=O)c3ccc(Cl)cc3)CC2)C1. The maximum absolute atomic E-state index is 13.0. The third kappa shape index (κ3) is 4.49. The topological polar surface area (TPSA) is 78.0 Å². The lowest BCUT2D eigenvalue weighted by Crippen LogP contribution is -2.56. The van der Waals surface area contributed by atoms with E-state index in [2.05, 4.69) is 13.8 Å². The van der Waals surface area contributed by atoms with E-state index in [9.17, 15) is 16.8 Å². The number of benzene rings is 1. The lowest BCUT2D eigenvalue weighted by molar-refractivity contribution is 0.197. The molecule has 0 spiro atoms. The molecular weight excluding hydrogens is 410 g/mol. The van der Waals surface area contributed by atoms with Crippen molar-refractivity contribution in [3.05, 3.63) is 29.3 Å². The molecule has 1 aromatic carbocycles. The van der Waals surface area contributed by atoms with Crippen molar-refractivity contribution >= 4 is 31.8 Å². The van der Waals surface area contributed by atoms with Crippen LogP contribution in [0.25, 0.3) is 0 Å². The van der Waals surface area contributed by atoms with E-state index in [0.717, 1.165) is 6.42 Å². The van der Waals surface area contributed by atoms with Gasteiger partial charge in [0, 0.05) is 44.3 Å². The molecule has 0 aromatic heterocycles. The van der Waals surface area contributed by atoms with Crippen molar-refractivity contribution in [3.8, 4) is 0 Å². The predicted molar refractivity (Wildman–Crippen MR) is 105 cm³/mol. The number of rotatable bonds is 4. The molecule has 2 aliphatic rings. The Hall–Kier alpha value is -0.710. The molecule has 7 nitrogen and oxygen atoms in total. The largest absolute Gasteiger partial charge is 0.282 e. The fourth-order valence-electron chi connectivity index (χ4n) is 3.85. The fraction of sp³-hybridized carbons (Fsp3) is 0.647. The Balaban J connectivity index is 1.68. The number of piperidine rings is 1.